The van der Waals surface area contributed by atoms with Gasteiger partial charge in [0.2, 0.25) is 0 Å². The molecule has 1 atom stereocenters. The molecule has 1 aliphatic rings. The minimum atomic E-state index is 0.208. The molecule has 1 unspecified atom stereocenters. The van der Waals surface area contributed by atoms with Crippen LogP contribution in [0.25, 0.3) is 16.9 Å². The van der Waals surface area contributed by atoms with Crippen molar-refractivity contribution in [2.24, 2.45) is 5.73 Å². The highest BCUT2D eigenvalue weighted by Gasteiger charge is 2.24. The third-order valence-electron chi connectivity index (χ3n) is 5.08. The highest BCUT2D eigenvalue weighted by molar-refractivity contribution is 6.15. The Morgan fingerprint density at radius 2 is 1.74 bits per heavy atom. The number of aryl methyl sites for hydroxylation is 2. The molecule has 2 aromatic heterocycles. The zero-order valence-corrected chi connectivity index (χ0v) is 20.3. The first-order valence-electron chi connectivity index (χ1n) is 10.5. The van der Waals surface area contributed by atoms with Crippen LogP contribution >= 0.6 is 11.6 Å². The van der Waals surface area contributed by atoms with Crippen molar-refractivity contribution in [3.63, 3.8) is 0 Å². The van der Waals surface area contributed by atoms with Crippen molar-refractivity contribution in [3.8, 4) is 22.8 Å². The number of nitrogens with zero attached hydrogens (tertiary/aromatic N) is 4. The van der Waals surface area contributed by atoms with Crippen LogP contribution in [0.4, 0.5) is 5.69 Å². The topological polar surface area (TPSA) is 77.9 Å². The van der Waals surface area contributed by atoms with E-state index in [1.807, 2.05) is 50.4 Å². The van der Waals surface area contributed by atoms with Gasteiger partial charge in [0.25, 0.3) is 0 Å². The summed E-state index contributed by atoms with van der Waals surface area (Å²) in [5.74, 6) is 1.38. The van der Waals surface area contributed by atoms with Gasteiger partial charge in [-0.25, -0.2) is 9.50 Å². The molecule has 7 nitrogen and oxygen atoms in total. The lowest BCUT2D eigenvalue weighted by Gasteiger charge is -2.19. The third kappa shape index (κ3) is 5.05. The quantitative estimate of drug-likeness (QED) is 0.595. The molecular formula is C23H34ClN5O2. The monoisotopic (exact) mass is 447 g/mol. The summed E-state index contributed by atoms with van der Waals surface area (Å²) in [6, 6.07) is 8.18. The second-order valence-electron chi connectivity index (χ2n) is 7.02. The fourth-order valence-corrected chi connectivity index (χ4v) is 3.78. The van der Waals surface area contributed by atoms with Gasteiger partial charge in [-0.3, -0.25) is 0 Å². The molecule has 8 heteroatoms. The Hall–Kier alpha value is -2.51. The van der Waals surface area contributed by atoms with Gasteiger partial charge >= 0.3 is 0 Å². The number of alkyl halides is 1. The summed E-state index contributed by atoms with van der Waals surface area (Å²) in [5.41, 5.74) is 11.9. The van der Waals surface area contributed by atoms with Crippen LogP contribution in [-0.2, 0) is 0 Å². The van der Waals surface area contributed by atoms with E-state index >= 15 is 0 Å². The normalized spacial score (nSPS) is 15.1. The van der Waals surface area contributed by atoms with E-state index in [-0.39, 0.29) is 6.04 Å². The van der Waals surface area contributed by atoms with E-state index in [0.717, 1.165) is 53.5 Å². The van der Waals surface area contributed by atoms with Crippen LogP contribution in [0.2, 0.25) is 0 Å². The lowest BCUT2D eigenvalue weighted by molar-refractivity contribution is 0.355. The minimum absolute atomic E-state index is 0.208. The molecule has 0 radical (unpaired) electrons. The van der Waals surface area contributed by atoms with Gasteiger partial charge in [0.05, 0.1) is 37.0 Å². The summed E-state index contributed by atoms with van der Waals surface area (Å²) in [4.78, 5) is 7.15. The van der Waals surface area contributed by atoms with E-state index in [1.54, 1.807) is 14.2 Å². The number of fused-ring (bicyclic) bond motifs is 1. The Labute approximate surface area is 190 Å². The molecule has 1 fully saturated rings. The molecule has 1 aromatic carbocycles. The first-order chi connectivity index (χ1) is 15.0. The maximum absolute atomic E-state index is 6.12. The molecule has 31 heavy (non-hydrogen) atoms. The van der Waals surface area contributed by atoms with Crippen molar-refractivity contribution in [3.05, 3.63) is 35.7 Å². The van der Waals surface area contributed by atoms with E-state index in [2.05, 4.69) is 22.6 Å². The summed E-state index contributed by atoms with van der Waals surface area (Å²) >= 11 is 4.64. The Morgan fingerprint density at radius 3 is 2.32 bits per heavy atom. The highest BCUT2D eigenvalue weighted by atomic mass is 35.5. The Kier molecular flexibility index (Phi) is 8.95. The largest absolute Gasteiger partial charge is 0.493 e. The molecular weight excluding hydrogens is 414 g/mol. The number of nitrogens with two attached hydrogens (primary N) is 1. The van der Waals surface area contributed by atoms with Crippen LogP contribution in [0.3, 0.4) is 0 Å². The number of imidazole rings is 1. The molecule has 3 heterocycles. The second kappa shape index (κ2) is 11.2. The van der Waals surface area contributed by atoms with Gasteiger partial charge in [0.1, 0.15) is 0 Å². The van der Waals surface area contributed by atoms with Gasteiger partial charge < -0.3 is 20.1 Å². The molecule has 0 bridgehead atoms. The molecule has 0 aliphatic carbocycles. The summed E-state index contributed by atoms with van der Waals surface area (Å²) in [6.07, 6.45) is 2.47. The molecule has 0 saturated carbocycles. The molecule has 0 amide bonds. The molecule has 170 valence electrons. The van der Waals surface area contributed by atoms with Crippen LogP contribution in [0.5, 0.6) is 11.5 Å². The summed E-state index contributed by atoms with van der Waals surface area (Å²) in [6.45, 7) is 9.80. The van der Waals surface area contributed by atoms with Crippen LogP contribution < -0.4 is 20.1 Å². The van der Waals surface area contributed by atoms with Gasteiger partial charge in [-0.05, 0) is 44.5 Å². The molecule has 4 rings (SSSR count). The predicted molar refractivity (Wildman–Crippen MR) is 129 cm³/mol. The van der Waals surface area contributed by atoms with E-state index in [9.17, 15) is 0 Å². The SMILES string of the molecule is CC.CCl.COc1ccc(-c2c(C)nc3c(N4CCC(N)C4)cc(C)nn23)cc1OC. The Bertz CT molecular complexity index is 1010. The fraction of sp³-hybridized carbons (Fsp3) is 0.478. The smallest absolute Gasteiger partial charge is 0.178 e. The average Bonchev–Trinajstić information content (AvgIpc) is 3.38. The molecule has 1 aliphatic heterocycles. The van der Waals surface area contributed by atoms with Crippen molar-refractivity contribution < 1.29 is 9.47 Å². The molecule has 2 N–H and O–H groups in total. The van der Waals surface area contributed by atoms with Gasteiger partial charge in [0.15, 0.2) is 17.1 Å². The first-order valence-corrected chi connectivity index (χ1v) is 11.2. The summed E-state index contributed by atoms with van der Waals surface area (Å²) < 4.78 is 12.8. The number of aromatic nitrogens is 3. The summed E-state index contributed by atoms with van der Waals surface area (Å²) in [7, 11) is 3.27. The maximum Gasteiger partial charge on any atom is 0.178 e. The zero-order valence-electron chi connectivity index (χ0n) is 19.6. The lowest BCUT2D eigenvalue weighted by Crippen LogP contribution is -2.27. The number of hydrogen-bond acceptors (Lipinski definition) is 6. The first kappa shape index (κ1) is 24.8. The van der Waals surface area contributed by atoms with Gasteiger partial charge in [0, 0.05) is 31.1 Å². The molecule has 0 spiro atoms. The van der Waals surface area contributed by atoms with E-state index in [4.69, 9.17) is 25.3 Å². The van der Waals surface area contributed by atoms with Crippen molar-refractivity contribution in [1.29, 1.82) is 0 Å². The Morgan fingerprint density at radius 1 is 1.06 bits per heavy atom. The van der Waals surface area contributed by atoms with Crippen LogP contribution in [0.15, 0.2) is 24.3 Å². The standard InChI is InChI=1S/C20H25N5O2.C2H6.CH3Cl/c1-12-9-16(24-8-7-15(21)11-24)20-22-13(2)19(25(20)23-12)14-5-6-17(26-3)18(10-14)27-4;2*1-2/h5-6,9-10,15H,7-8,11,21H2,1-4H3;1-2H3;1H3. The third-order valence-corrected chi connectivity index (χ3v) is 5.08. The maximum atomic E-state index is 6.12. The number of ether oxygens (including phenoxy) is 2. The predicted octanol–water partition coefficient (Wildman–Crippen LogP) is 4.45. The number of rotatable bonds is 4. The average molecular weight is 448 g/mol. The fourth-order valence-electron chi connectivity index (χ4n) is 3.78. The number of hydrogen-bond donors (Lipinski definition) is 1. The number of halogens is 1. The van der Waals surface area contributed by atoms with Crippen LogP contribution in [0, 0.1) is 13.8 Å². The number of benzene rings is 1. The van der Waals surface area contributed by atoms with E-state index in [1.165, 1.54) is 6.38 Å². The summed E-state index contributed by atoms with van der Waals surface area (Å²) in [5, 5.41) is 4.75. The number of methoxy groups -OCH3 is 2. The second-order valence-corrected chi connectivity index (χ2v) is 7.02. The molecule has 1 saturated heterocycles. The van der Waals surface area contributed by atoms with Crippen molar-refractivity contribution in [2.75, 3.05) is 38.6 Å². The van der Waals surface area contributed by atoms with Gasteiger partial charge in [-0.15, -0.1) is 11.6 Å². The lowest BCUT2D eigenvalue weighted by atomic mass is 10.1. The number of anilines is 1. The van der Waals surface area contributed by atoms with Gasteiger partial charge in [-0.2, -0.15) is 5.10 Å². The zero-order chi connectivity index (χ0) is 23.1. The molecule has 3 aromatic rings. The van der Waals surface area contributed by atoms with Crippen LogP contribution in [0.1, 0.15) is 31.7 Å². The van der Waals surface area contributed by atoms with Gasteiger partial charge in [-0.1, -0.05) is 13.8 Å². The van der Waals surface area contributed by atoms with E-state index < -0.39 is 0 Å². The Balaban J connectivity index is 0.000000807. The highest BCUT2D eigenvalue weighted by Crippen LogP contribution is 2.35. The van der Waals surface area contributed by atoms with Crippen molar-refractivity contribution in [2.45, 2.75) is 40.2 Å². The van der Waals surface area contributed by atoms with Crippen molar-refractivity contribution >= 4 is 22.9 Å². The van der Waals surface area contributed by atoms with E-state index in [0.29, 0.717) is 11.5 Å². The van der Waals surface area contributed by atoms with Crippen molar-refractivity contribution in [1.82, 2.24) is 14.6 Å². The van der Waals surface area contributed by atoms with Crippen LogP contribution in [-0.4, -0.2) is 54.3 Å². The minimum Gasteiger partial charge on any atom is -0.493 e.